The average Bonchev–Trinajstić information content (AvgIpc) is 2.64. The Bertz CT molecular complexity index is 614. The average molecular weight is 241 g/mol. The van der Waals surface area contributed by atoms with Crippen LogP contribution in [0.15, 0.2) is 18.3 Å². The first-order valence-electron chi connectivity index (χ1n) is 5.94. The normalized spacial score (nSPS) is 11.2. The lowest BCUT2D eigenvalue weighted by Gasteiger charge is -2.11. The number of aromatic nitrogens is 1. The number of methoxy groups -OCH3 is 1. The second-order valence-electron chi connectivity index (χ2n) is 4.77. The Labute approximate surface area is 108 Å². The molecule has 0 bridgehead atoms. The van der Waals surface area contributed by atoms with Gasteiger partial charge in [0.15, 0.2) is 0 Å². The molecule has 0 N–H and O–H groups in total. The molecule has 2 rings (SSSR count). The number of aryl methyl sites for hydroxylation is 1. The van der Waals surface area contributed by atoms with Crippen molar-refractivity contribution in [3.63, 3.8) is 0 Å². The summed E-state index contributed by atoms with van der Waals surface area (Å²) in [4.78, 5) is 11.8. The van der Waals surface area contributed by atoms with Gasteiger partial charge in [-0.15, -0.1) is 0 Å². The van der Waals surface area contributed by atoms with Gasteiger partial charge in [0.05, 0.1) is 12.7 Å². The third kappa shape index (κ3) is 1.92. The van der Waals surface area contributed by atoms with Crippen LogP contribution in [0.5, 0.6) is 0 Å². The summed E-state index contributed by atoms with van der Waals surface area (Å²) in [6, 6.07) is 3.88. The van der Waals surface area contributed by atoms with Gasteiger partial charge in [-0.05, 0) is 32.4 Å². The molecular weight excluding hydrogens is 225 g/mol. The molecule has 0 aliphatic carbocycles. The van der Waals surface area contributed by atoms with E-state index in [2.05, 4.69) is 18.4 Å². The van der Waals surface area contributed by atoms with E-state index in [-0.39, 0.29) is 5.97 Å². The third-order valence-electron chi connectivity index (χ3n) is 3.11. The first-order valence-corrected chi connectivity index (χ1v) is 5.94. The minimum atomic E-state index is -0.350. The zero-order valence-corrected chi connectivity index (χ0v) is 11.2. The summed E-state index contributed by atoms with van der Waals surface area (Å²) in [6.07, 6.45) is 2.04. The molecule has 3 nitrogen and oxygen atoms in total. The molecule has 0 aliphatic heterocycles. The first-order chi connectivity index (χ1) is 8.45. The van der Waals surface area contributed by atoms with E-state index >= 15 is 0 Å². The van der Waals surface area contributed by atoms with Crippen LogP contribution in [0.2, 0.25) is 0 Å². The summed E-state index contributed by atoms with van der Waals surface area (Å²) in [6.45, 7) is 6.18. The Morgan fingerprint density at radius 3 is 2.61 bits per heavy atom. The van der Waals surface area contributed by atoms with Crippen LogP contribution in [0.3, 0.4) is 0 Å². The van der Waals surface area contributed by atoms with Crippen LogP contribution >= 0.6 is 0 Å². The highest BCUT2D eigenvalue weighted by atomic mass is 16.5. The fraction of sp³-hybridized carbons (Fsp3) is 0.357. The first kappa shape index (κ1) is 12.7. The number of nitrogens with zero attached hydrogens (tertiary/aromatic N) is 1. The maximum atomic E-state index is 11.8. The van der Waals surface area contributed by atoms with Gasteiger partial charge in [-0.2, -0.15) is 0 Å². The zero-order chi connectivity index (χ0) is 13.4. The van der Waals surface area contributed by atoms with Crippen molar-refractivity contribution < 1.29 is 9.53 Å². The number of ether oxygens (including phenoxy) is 1. The van der Waals surface area contributed by atoms with Gasteiger partial charge in [0.2, 0.25) is 0 Å². The van der Waals surface area contributed by atoms with Crippen LogP contribution in [0.1, 0.15) is 35.8 Å². The molecule has 0 spiro atoms. The molecule has 0 amide bonds. The largest absolute Gasteiger partial charge is 0.465 e. The van der Waals surface area contributed by atoms with Crippen LogP contribution in [0.25, 0.3) is 10.9 Å². The van der Waals surface area contributed by atoms with Gasteiger partial charge in [0.25, 0.3) is 0 Å². The summed E-state index contributed by atoms with van der Waals surface area (Å²) in [5, 5.41) is 0.921. The second kappa shape index (κ2) is 4.52. The molecule has 2 radical (unpaired) electrons. The van der Waals surface area contributed by atoms with E-state index in [1.807, 2.05) is 19.2 Å². The Hall–Kier alpha value is -1.71. The molecule has 0 fully saturated rings. The van der Waals surface area contributed by atoms with E-state index in [4.69, 9.17) is 12.6 Å². The monoisotopic (exact) mass is 241 g/mol. The van der Waals surface area contributed by atoms with Crippen molar-refractivity contribution in [1.29, 1.82) is 0 Å². The van der Waals surface area contributed by atoms with Gasteiger partial charge in [0, 0.05) is 23.1 Å². The summed E-state index contributed by atoms with van der Waals surface area (Å²) in [5.74, 6) is -0.350. The van der Waals surface area contributed by atoms with Crippen molar-refractivity contribution in [2.45, 2.75) is 26.8 Å². The maximum Gasteiger partial charge on any atom is 0.338 e. The second-order valence-corrected chi connectivity index (χ2v) is 4.77. The van der Waals surface area contributed by atoms with Crippen LogP contribution in [-0.2, 0) is 4.74 Å². The van der Waals surface area contributed by atoms with Gasteiger partial charge in [0.1, 0.15) is 7.85 Å². The minimum Gasteiger partial charge on any atom is -0.465 e. The molecule has 0 unspecified atom stereocenters. The van der Waals surface area contributed by atoms with Crippen LogP contribution in [0, 0.1) is 6.92 Å². The fourth-order valence-corrected chi connectivity index (χ4v) is 2.31. The number of hydrogen-bond donors (Lipinski definition) is 0. The number of esters is 1. The molecule has 2 aromatic rings. The molecule has 1 heterocycles. The number of carbonyl (C=O) groups is 1. The van der Waals surface area contributed by atoms with Crippen molar-refractivity contribution in [2.24, 2.45) is 0 Å². The predicted molar refractivity (Wildman–Crippen MR) is 73.8 cm³/mol. The standard InChI is InChI=1S/C14H16BNO2/c1-8(2)16-7-9(3)13-11(14(17)18-4)5-10(15)6-12(13)16/h5-8H,1-4H3. The lowest BCUT2D eigenvalue weighted by Crippen LogP contribution is -2.11. The fourth-order valence-electron chi connectivity index (χ4n) is 2.31. The van der Waals surface area contributed by atoms with Gasteiger partial charge in [-0.3, -0.25) is 0 Å². The van der Waals surface area contributed by atoms with Crippen LogP contribution < -0.4 is 5.46 Å². The molecule has 92 valence electrons. The quantitative estimate of drug-likeness (QED) is 0.595. The molecule has 0 saturated heterocycles. The lowest BCUT2D eigenvalue weighted by atomic mass is 9.91. The van der Waals surface area contributed by atoms with Crippen molar-refractivity contribution >= 4 is 30.2 Å². The molecule has 18 heavy (non-hydrogen) atoms. The highest BCUT2D eigenvalue weighted by molar-refractivity contribution is 6.34. The Kier molecular flexibility index (Phi) is 3.20. The van der Waals surface area contributed by atoms with Crippen LogP contribution in [-0.4, -0.2) is 25.5 Å². The van der Waals surface area contributed by atoms with Crippen molar-refractivity contribution in [2.75, 3.05) is 7.11 Å². The number of carbonyl (C=O) groups excluding carboxylic acids is 1. The molecule has 0 saturated carbocycles. The van der Waals surface area contributed by atoms with Gasteiger partial charge < -0.3 is 9.30 Å². The predicted octanol–water partition coefficient (Wildman–Crippen LogP) is 2.11. The lowest BCUT2D eigenvalue weighted by molar-refractivity contribution is 0.0603. The minimum absolute atomic E-state index is 0.313. The highest BCUT2D eigenvalue weighted by Gasteiger charge is 2.17. The Morgan fingerprint density at radius 1 is 1.39 bits per heavy atom. The van der Waals surface area contributed by atoms with Gasteiger partial charge >= 0.3 is 5.97 Å². The number of rotatable bonds is 2. The SMILES string of the molecule is [B]c1cc(C(=O)OC)c2c(C)cn(C(C)C)c2c1. The smallest absolute Gasteiger partial charge is 0.338 e. The molecule has 1 aromatic carbocycles. The molecular formula is C14H16BNO2. The van der Waals surface area contributed by atoms with Crippen LogP contribution in [0.4, 0.5) is 0 Å². The van der Waals surface area contributed by atoms with Crippen molar-refractivity contribution in [1.82, 2.24) is 4.57 Å². The molecule has 0 atom stereocenters. The van der Waals surface area contributed by atoms with Crippen molar-refractivity contribution in [3.05, 3.63) is 29.5 Å². The number of benzene rings is 1. The maximum absolute atomic E-state index is 11.8. The van der Waals surface area contributed by atoms with E-state index in [0.717, 1.165) is 16.5 Å². The zero-order valence-electron chi connectivity index (χ0n) is 11.2. The summed E-state index contributed by atoms with van der Waals surface area (Å²) < 4.78 is 6.94. The highest BCUT2D eigenvalue weighted by Crippen LogP contribution is 2.27. The topological polar surface area (TPSA) is 31.2 Å². The molecule has 0 aliphatic rings. The third-order valence-corrected chi connectivity index (χ3v) is 3.11. The van der Waals surface area contributed by atoms with E-state index < -0.39 is 0 Å². The summed E-state index contributed by atoms with van der Waals surface area (Å²) >= 11 is 0. The summed E-state index contributed by atoms with van der Waals surface area (Å²) in [5.41, 5.74) is 3.13. The molecule has 1 aromatic heterocycles. The molecule has 4 heteroatoms. The van der Waals surface area contributed by atoms with E-state index in [1.54, 1.807) is 6.07 Å². The Balaban J connectivity index is 2.84. The van der Waals surface area contributed by atoms with E-state index in [1.165, 1.54) is 7.11 Å². The van der Waals surface area contributed by atoms with Gasteiger partial charge in [-0.25, -0.2) is 4.79 Å². The number of fused-ring (bicyclic) bond motifs is 1. The van der Waals surface area contributed by atoms with Crippen molar-refractivity contribution in [3.8, 4) is 0 Å². The Morgan fingerprint density at radius 2 is 2.06 bits per heavy atom. The number of hydrogen-bond acceptors (Lipinski definition) is 2. The van der Waals surface area contributed by atoms with Gasteiger partial charge in [-0.1, -0.05) is 11.5 Å². The van der Waals surface area contributed by atoms with E-state index in [0.29, 0.717) is 17.1 Å². The summed E-state index contributed by atoms with van der Waals surface area (Å²) in [7, 11) is 7.26. The van der Waals surface area contributed by atoms with E-state index in [9.17, 15) is 4.79 Å².